The van der Waals surface area contributed by atoms with E-state index in [0.29, 0.717) is 5.56 Å². The Labute approximate surface area is 129 Å². The summed E-state index contributed by atoms with van der Waals surface area (Å²) in [5, 5.41) is 14.5. The minimum absolute atomic E-state index is 0.105. The number of halogens is 1. The predicted molar refractivity (Wildman–Crippen MR) is 82.0 cm³/mol. The van der Waals surface area contributed by atoms with Gasteiger partial charge in [-0.3, -0.25) is 4.79 Å². The van der Waals surface area contributed by atoms with Crippen molar-refractivity contribution in [2.75, 3.05) is 0 Å². The Morgan fingerprint density at radius 3 is 2.57 bits per heavy atom. The van der Waals surface area contributed by atoms with Gasteiger partial charge in [0.25, 0.3) is 5.91 Å². The number of aromatic nitrogens is 1. The largest absolute Gasteiger partial charge is 0.409 e. The first kappa shape index (κ1) is 15.0. The van der Waals surface area contributed by atoms with E-state index in [1.54, 1.807) is 36.4 Å². The molecule has 0 spiro atoms. The van der Waals surface area contributed by atoms with Crippen LogP contribution in [-0.4, -0.2) is 21.9 Å². The van der Waals surface area contributed by atoms with Crippen LogP contribution in [0.15, 0.2) is 58.3 Å². The quantitative estimate of drug-likeness (QED) is 0.340. The highest BCUT2D eigenvalue weighted by atomic mass is 79.9. The van der Waals surface area contributed by atoms with Crippen LogP contribution < -0.4 is 11.1 Å². The van der Waals surface area contributed by atoms with Gasteiger partial charge in [-0.25, -0.2) is 4.98 Å². The molecular weight excluding hydrogens is 336 g/mol. The zero-order valence-corrected chi connectivity index (χ0v) is 12.5. The van der Waals surface area contributed by atoms with Gasteiger partial charge in [0, 0.05) is 10.7 Å². The van der Waals surface area contributed by atoms with Crippen molar-refractivity contribution in [2.45, 2.75) is 6.04 Å². The molecule has 1 atom stereocenters. The van der Waals surface area contributed by atoms with E-state index in [0.717, 1.165) is 4.47 Å². The first-order valence-corrected chi connectivity index (χ1v) is 6.86. The van der Waals surface area contributed by atoms with Crippen molar-refractivity contribution >= 4 is 27.7 Å². The first-order chi connectivity index (χ1) is 10.1. The van der Waals surface area contributed by atoms with E-state index in [-0.39, 0.29) is 11.5 Å². The molecule has 0 aliphatic heterocycles. The maximum Gasteiger partial charge on any atom is 0.270 e. The van der Waals surface area contributed by atoms with Gasteiger partial charge in [0.05, 0.1) is 0 Å². The molecule has 21 heavy (non-hydrogen) atoms. The Balaban J connectivity index is 2.23. The Bertz CT molecular complexity index is 644. The zero-order chi connectivity index (χ0) is 15.2. The molecule has 7 heteroatoms. The molecule has 108 valence electrons. The van der Waals surface area contributed by atoms with E-state index < -0.39 is 11.9 Å². The highest BCUT2D eigenvalue weighted by Crippen LogP contribution is 2.14. The molecule has 0 fully saturated rings. The monoisotopic (exact) mass is 348 g/mol. The third-order valence-corrected chi connectivity index (χ3v) is 3.25. The number of amidine groups is 1. The topological polar surface area (TPSA) is 101 Å². The molecule has 6 nitrogen and oxygen atoms in total. The SMILES string of the molecule is NC(=NO)C(NC(=O)c1ccc(Br)cn1)c1ccccc1. The van der Waals surface area contributed by atoms with Crippen molar-refractivity contribution < 1.29 is 10.0 Å². The van der Waals surface area contributed by atoms with Crippen LogP contribution in [-0.2, 0) is 0 Å². The van der Waals surface area contributed by atoms with Crippen LogP contribution in [0.5, 0.6) is 0 Å². The van der Waals surface area contributed by atoms with E-state index in [1.165, 1.54) is 6.20 Å². The number of pyridine rings is 1. The predicted octanol–water partition coefficient (Wildman–Crippen LogP) is 2.06. The molecule has 0 aliphatic rings. The average Bonchev–Trinajstić information content (AvgIpc) is 2.53. The molecule has 2 rings (SSSR count). The smallest absolute Gasteiger partial charge is 0.270 e. The summed E-state index contributed by atoms with van der Waals surface area (Å²) in [4.78, 5) is 16.2. The normalized spacial score (nSPS) is 12.7. The number of carbonyl (C=O) groups is 1. The highest BCUT2D eigenvalue weighted by Gasteiger charge is 2.20. The van der Waals surface area contributed by atoms with Crippen LogP contribution in [0, 0.1) is 0 Å². The number of nitrogens with zero attached hydrogens (tertiary/aromatic N) is 2. The second-order valence-electron chi connectivity index (χ2n) is 4.20. The van der Waals surface area contributed by atoms with Gasteiger partial charge in [-0.1, -0.05) is 35.5 Å². The molecule has 2 aromatic rings. The number of carbonyl (C=O) groups excluding carboxylic acids is 1. The van der Waals surface area contributed by atoms with E-state index in [1.807, 2.05) is 6.07 Å². The summed E-state index contributed by atoms with van der Waals surface area (Å²) >= 11 is 3.25. The van der Waals surface area contributed by atoms with Crippen molar-refractivity contribution in [2.24, 2.45) is 10.9 Å². The molecule has 1 heterocycles. The maximum atomic E-state index is 12.2. The molecule has 1 amide bonds. The minimum atomic E-state index is -0.728. The van der Waals surface area contributed by atoms with Crippen LogP contribution in [0.4, 0.5) is 0 Å². The summed E-state index contributed by atoms with van der Waals surface area (Å²) in [6.45, 7) is 0. The highest BCUT2D eigenvalue weighted by molar-refractivity contribution is 9.10. The summed E-state index contributed by atoms with van der Waals surface area (Å²) in [6.07, 6.45) is 1.52. The number of hydrogen-bond donors (Lipinski definition) is 3. The number of nitrogens with one attached hydrogen (secondary N) is 1. The van der Waals surface area contributed by atoms with Crippen LogP contribution in [0.25, 0.3) is 0 Å². The second-order valence-corrected chi connectivity index (χ2v) is 5.12. The van der Waals surface area contributed by atoms with Gasteiger partial charge in [0.2, 0.25) is 0 Å². The van der Waals surface area contributed by atoms with Crippen LogP contribution in [0.1, 0.15) is 22.1 Å². The third kappa shape index (κ3) is 3.79. The van der Waals surface area contributed by atoms with Crippen molar-refractivity contribution in [3.63, 3.8) is 0 Å². The van der Waals surface area contributed by atoms with Gasteiger partial charge in [0.15, 0.2) is 5.84 Å². The lowest BCUT2D eigenvalue weighted by Gasteiger charge is -2.17. The Morgan fingerprint density at radius 2 is 2.00 bits per heavy atom. The third-order valence-electron chi connectivity index (χ3n) is 2.78. The first-order valence-electron chi connectivity index (χ1n) is 6.06. The number of hydrogen-bond acceptors (Lipinski definition) is 4. The fraction of sp³-hybridized carbons (Fsp3) is 0.0714. The van der Waals surface area contributed by atoms with Gasteiger partial charge in [-0.15, -0.1) is 0 Å². The lowest BCUT2D eigenvalue weighted by atomic mass is 10.1. The lowest BCUT2D eigenvalue weighted by Crippen LogP contribution is -2.38. The van der Waals surface area contributed by atoms with Gasteiger partial charge < -0.3 is 16.3 Å². The number of benzene rings is 1. The summed E-state index contributed by atoms with van der Waals surface area (Å²) in [7, 11) is 0. The molecule has 0 saturated heterocycles. The molecule has 1 aromatic heterocycles. The van der Waals surface area contributed by atoms with E-state index >= 15 is 0 Å². The van der Waals surface area contributed by atoms with Crippen molar-refractivity contribution in [1.82, 2.24) is 10.3 Å². The zero-order valence-electron chi connectivity index (χ0n) is 10.9. The second kappa shape index (κ2) is 6.85. The molecule has 0 radical (unpaired) electrons. The summed E-state index contributed by atoms with van der Waals surface area (Å²) < 4.78 is 0.773. The van der Waals surface area contributed by atoms with Crippen LogP contribution in [0.3, 0.4) is 0 Å². The average molecular weight is 349 g/mol. The maximum absolute atomic E-state index is 12.2. The minimum Gasteiger partial charge on any atom is -0.409 e. The number of amides is 1. The van der Waals surface area contributed by atoms with Gasteiger partial charge in [-0.2, -0.15) is 0 Å². The summed E-state index contributed by atoms with van der Waals surface area (Å²) in [6, 6.07) is 11.6. The fourth-order valence-electron chi connectivity index (χ4n) is 1.75. The van der Waals surface area contributed by atoms with Gasteiger partial charge in [-0.05, 0) is 33.6 Å². The standard InChI is InChI=1S/C14H13BrN4O2/c15-10-6-7-11(17-8-10)14(20)18-12(13(16)19-21)9-4-2-1-3-5-9/h1-8,12,21H,(H2,16,19)(H,18,20). The molecule has 0 bridgehead atoms. The Morgan fingerprint density at radius 1 is 1.29 bits per heavy atom. The lowest BCUT2D eigenvalue weighted by molar-refractivity contribution is 0.0941. The van der Waals surface area contributed by atoms with E-state index in [9.17, 15) is 4.79 Å². The summed E-state index contributed by atoms with van der Waals surface area (Å²) in [5.74, 6) is -0.519. The number of nitrogens with two attached hydrogens (primary N) is 1. The molecule has 4 N–H and O–H groups in total. The van der Waals surface area contributed by atoms with Crippen LogP contribution >= 0.6 is 15.9 Å². The van der Waals surface area contributed by atoms with Gasteiger partial charge in [0.1, 0.15) is 11.7 Å². The molecule has 0 saturated carbocycles. The van der Waals surface area contributed by atoms with Crippen molar-refractivity contribution in [3.8, 4) is 0 Å². The van der Waals surface area contributed by atoms with E-state index in [2.05, 4.69) is 31.4 Å². The molecule has 1 unspecified atom stereocenters. The van der Waals surface area contributed by atoms with Gasteiger partial charge >= 0.3 is 0 Å². The Kier molecular flexibility index (Phi) is 4.89. The molecule has 1 aromatic carbocycles. The molecule has 0 aliphatic carbocycles. The number of rotatable bonds is 4. The van der Waals surface area contributed by atoms with Crippen molar-refractivity contribution in [1.29, 1.82) is 0 Å². The molecular formula is C14H13BrN4O2. The van der Waals surface area contributed by atoms with Crippen molar-refractivity contribution in [3.05, 3.63) is 64.4 Å². The van der Waals surface area contributed by atoms with E-state index in [4.69, 9.17) is 10.9 Å². The van der Waals surface area contributed by atoms with Crippen LogP contribution in [0.2, 0.25) is 0 Å². The number of oxime groups is 1. The fourth-order valence-corrected chi connectivity index (χ4v) is 1.98. The summed E-state index contributed by atoms with van der Waals surface area (Å²) in [5.41, 5.74) is 6.60. The Hall–Kier alpha value is -2.41.